The zero-order valence-corrected chi connectivity index (χ0v) is 10.1. The van der Waals surface area contributed by atoms with E-state index in [0.717, 1.165) is 22.5 Å². The number of rotatable bonds is 2. The number of aromatic nitrogens is 2. The Morgan fingerprint density at radius 3 is 3.00 bits per heavy atom. The summed E-state index contributed by atoms with van der Waals surface area (Å²) in [6.07, 6.45) is 0. The topological polar surface area (TPSA) is 46.9 Å². The zero-order valence-electron chi connectivity index (χ0n) is 9.19. The molecule has 0 aliphatic heterocycles. The number of imidazole rings is 1. The Labute approximate surface area is 99.1 Å². The first-order chi connectivity index (χ1) is 7.61. The van der Waals surface area contributed by atoms with Gasteiger partial charge in [0.1, 0.15) is 5.82 Å². The van der Waals surface area contributed by atoms with Gasteiger partial charge in [-0.1, -0.05) is 0 Å². The fourth-order valence-corrected chi connectivity index (χ4v) is 1.68. The van der Waals surface area contributed by atoms with Crippen molar-refractivity contribution >= 4 is 35.3 Å². The van der Waals surface area contributed by atoms with Crippen LogP contribution in [0.5, 0.6) is 0 Å². The first-order valence-corrected chi connectivity index (χ1v) is 5.59. The third kappa shape index (κ3) is 1.90. The summed E-state index contributed by atoms with van der Waals surface area (Å²) >= 11 is 3.91. The Balaban J connectivity index is 2.41. The summed E-state index contributed by atoms with van der Waals surface area (Å²) in [5.74, 6) is 1.02. The number of amides is 1. The molecule has 2 rings (SSSR count). The van der Waals surface area contributed by atoms with Crippen LogP contribution in [0.3, 0.4) is 0 Å². The number of carbonyl (C=O) groups is 1. The third-order valence-corrected chi connectivity index (χ3v) is 2.82. The van der Waals surface area contributed by atoms with Crippen molar-refractivity contribution in [1.82, 2.24) is 9.55 Å². The van der Waals surface area contributed by atoms with Gasteiger partial charge in [0.2, 0.25) is 5.91 Å². The second kappa shape index (κ2) is 4.17. The monoisotopic (exact) mass is 235 g/mol. The maximum Gasteiger partial charge on any atom is 0.234 e. The fraction of sp³-hybridized carbons (Fsp3) is 0.273. The fourth-order valence-electron chi connectivity index (χ4n) is 1.60. The number of nitrogens with zero attached hydrogens (tertiary/aromatic N) is 2. The molecule has 1 amide bonds. The van der Waals surface area contributed by atoms with Crippen molar-refractivity contribution in [1.29, 1.82) is 0 Å². The van der Waals surface area contributed by atoms with E-state index < -0.39 is 0 Å². The molecule has 0 fully saturated rings. The summed E-state index contributed by atoms with van der Waals surface area (Å²) in [5.41, 5.74) is 2.70. The van der Waals surface area contributed by atoms with Crippen LogP contribution in [0.25, 0.3) is 11.0 Å². The second-order valence-electron chi connectivity index (χ2n) is 3.63. The van der Waals surface area contributed by atoms with Gasteiger partial charge >= 0.3 is 0 Å². The Bertz CT molecular complexity index is 547. The SMILES string of the molecule is Cc1nc2cc(NC(=O)CS)ccc2n1C. The minimum absolute atomic E-state index is 0.115. The smallest absolute Gasteiger partial charge is 0.234 e. The highest BCUT2D eigenvalue weighted by Gasteiger charge is 2.05. The molecule has 0 spiro atoms. The number of carbonyl (C=O) groups excluding carboxylic acids is 1. The molecule has 1 aromatic heterocycles. The highest BCUT2D eigenvalue weighted by molar-refractivity contribution is 7.81. The molecule has 0 radical (unpaired) electrons. The van der Waals surface area contributed by atoms with E-state index in [4.69, 9.17) is 0 Å². The van der Waals surface area contributed by atoms with Crippen molar-refractivity contribution in [3.8, 4) is 0 Å². The largest absolute Gasteiger partial charge is 0.331 e. The van der Waals surface area contributed by atoms with Crippen LogP contribution >= 0.6 is 12.6 Å². The molecule has 0 aliphatic rings. The summed E-state index contributed by atoms with van der Waals surface area (Å²) in [6, 6.07) is 5.68. The first kappa shape index (κ1) is 11.0. The van der Waals surface area contributed by atoms with Crippen LogP contribution in [0.15, 0.2) is 18.2 Å². The summed E-state index contributed by atoms with van der Waals surface area (Å²) in [4.78, 5) is 15.6. The highest BCUT2D eigenvalue weighted by atomic mass is 32.1. The number of anilines is 1. The summed E-state index contributed by atoms with van der Waals surface area (Å²) in [5, 5.41) is 2.75. The normalized spacial score (nSPS) is 10.7. The molecular formula is C11H13N3OS. The molecule has 2 aromatic rings. The predicted octanol–water partition coefficient (Wildman–Crippen LogP) is 1.75. The average molecular weight is 235 g/mol. The van der Waals surface area contributed by atoms with Crippen molar-refractivity contribution in [3.05, 3.63) is 24.0 Å². The van der Waals surface area contributed by atoms with Gasteiger partial charge in [-0.2, -0.15) is 12.6 Å². The minimum Gasteiger partial charge on any atom is -0.331 e. The highest BCUT2D eigenvalue weighted by Crippen LogP contribution is 2.19. The number of thiol groups is 1. The minimum atomic E-state index is -0.115. The maximum atomic E-state index is 11.2. The van der Waals surface area contributed by atoms with Crippen LogP contribution in [0.4, 0.5) is 5.69 Å². The van der Waals surface area contributed by atoms with E-state index in [1.165, 1.54) is 0 Å². The molecule has 0 saturated heterocycles. The van der Waals surface area contributed by atoms with Crippen LogP contribution < -0.4 is 5.32 Å². The molecule has 1 aromatic carbocycles. The molecule has 84 valence electrons. The van der Waals surface area contributed by atoms with Crippen LogP contribution in [-0.2, 0) is 11.8 Å². The van der Waals surface area contributed by atoms with Gasteiger partial charge in [-0.3, -0.25) is 4.79 Å². The van der Waals surface area contributed by atoms with Gasteiger partial charge in [-0.15, -0.1) is 0 Å². The van der Waals surface area contributed by atoms with Crippen molar-refractivity contribution in [3.63, 3.8) is 0 Å². The lowest BCUT2D eigenvalue weighted by Crippen LogP contribution is -2.12. The number of fused-ring (bicyclic) bond motifs is 1. The van der Waals surface area contributed by atoms with Crippen molar-refractivity contribution in [2.75, 3.05) is 11.1 Å². The van der Waals surface area contributed by atoms with Gasteiger partial charge in [0.15, 0.2) is 0 Å². The van der Waals surface area contributed by atoms with Crippen molar-refractivity contribution in [2.24, 2.45) is 7.05 Å². The number of benzene rings is 1. The molecule has 0 bridgehead atoms. The Hall–Kier alpha value is -1.49. The van der Waals surface area contributed by atoms with Crippen molar-refractivity contribution < 1.29 is 4.79 Å². The van der Waals surface area contributed by atoms with Gasteiger partial charge in [-0.05, 0) is 25.1 Å². The Morgan fingerprint density at radius 2 is 2.31 bits per heavy atom. The summed E-state index contributed by atoms with van der Waals surface area (Å²) < 4.78 is 2.01. The van der Waals surface area contributed by atoms with Crippen molar-refractivity contribution in [2.45, 2.75) is 6.92 Å². The average Bonchev–Trinajstić information content (AvgIpc) is 2.54. The molecular weight excluding hydrogens is 222 g/mol. The van der Waals surface area contributed by atoms with Crippen LogP contribution in [0.2, 0.25) is 0 Å². The van der Waals surface area contributed by atoms with Gasteiger partial charge < -0.3 is 9.88 Å². The standard InChI is InChI=1S/C11H13N3OS/c1-7-12-9-5-8(13-11(15)6-16)3-4-10(9)14(7)2/h3-5,16H,6H2,1-2H3,(H,13,15). The quantitative estimate of drug-likeness (QED) is 0.779. The Kier molecular flexibility index (Phi) is 2.87. The molecule has 16 heavy (non-hydrogen) atoms. The second-order valence-corrected chi connectivity index (χ2v) is 3.94. The van der Waals surface area contributed by atoms with Crippen LogP contribution in [-0.4, -0.2) is 21.2 Å². The molecule has 0 aliphatic carbocycles. The van der Waals surface area contributed by atoms with E-state index in [0.29, 0.717) is 0 Å². The van der Waals surface area contributed by atoms with E-state index >= 15 is 0 Å². The number of hydrogen-bond donors (Lipinski definition) is 2. The lowest BCUT2D eigenvalue weighted by atomic mass is 10.2. The van der Waals surface area contributed by atoms with Gasteiger partial charge in [0.25, 0.3) is 0 Å². The van der Waals surface area contributed by atoms with Crippen LogP contribution in [0.1, 0.15) is 5.82 Å². The summed E-state index contributed by atoms with van der Waals surface area (Å²) in [7, 11) is 1.97. The molecule has 0 saturated carbocycles. The molecule has 1 heterocycles. The zero-order chi connectivity index (χ0) is 11.7. The first-order valence-electron chi connectivity index (χ1n) is 4.95. The van der Waals surface area contributed by atoms with E-state index in [1.54, 1.807) is 0 Å². The number of nitrogens with one attached hydrogen (secondary N) is 1. The Morgan fingerprint density at radius 1 is 1.56 bits per heavy atom. The number of hydrogen-bond acceptors (Lipinski definition) is 3. The van der Waals surface area contributed by atoms with Gasteiger partial charge in [0, 0.05) is 12.7 Å². The molecule has 5 heteroatoms. The molecule has 0 atom stereocenters. The molecule has 4 nitrogen and oxygen atoms in total. The number of aryl methyl sites for hydroxylation is 2. The van der Waals surface area contributed by atoms with Crippen LogP contribution in [0, 0.1) is 6.92 Å². The predicted molar refractivity (Wildman–Crippen MR) is 67.9 cm³/mol. The lowest BCUT2D eigenvalue weighted by molar-refractivity contribution is -0.113. The van der Waals surface area contributed by atoms with E-state index in [-0.39, 0.29) is 11.7 Å². The third-order valence-electron chi connectivity index (χ3n) is 2.53. The maximum absolute atomic E-state index is 11.2. The molecule has 1 N–H and O–H groups in total. The van der Waals surface area contributed by atoms with E-state index in [1.807, 2.05) is 36.7 Å². The van der Waals surface area contributed by atoms with E-state index in [9.17, 15) is 4.79 Å². The van der Waals surface area contributed by atoms with E-state index in [2.05, 4.69) is 22.9 Å². The lowest BCUT2D eigenvalue weighted by Gasteiger charge is -2.03. The summed E-state index contributed by atoms with van der Waals surface area (Å²) in [6.45, 7) is 1.95. The van der Waals surface area contributed by atoms with Gasteiger partial charge in [-0.25, -0.2) is 4.98 Å². The molecule has 0 unspecified atom stereocenters. The van der Waals surface area contributed by atoms with Gasteiger partial charge in [0.05, 0.1) is 16.8 Å².